The Morgan fingerprint density at radius 3 is 2.37 bits per heavy atom. The molecule has 1 saturated carbocycles. The first kappa shape index (κ1) is 25.6. The average molecular weight is 497 g/mol. The summed E-state index contributed by atoms with van der Waals surface area (Å²) in [6.07, 6.45) is 2.41. The van der Waals surface area contributed by atoms with Crippen molar-refractivity contribution in [3.8, 4) is 5.75 Å². The molecule has 2 heterocycles. The van der Waals surface area contributed by atoms with Crippen LogP contribution in [0.5, 0.6) is 5.75 Å². The highest BCUT2D eigenvalue weighted by Crippen LogP contribution is 2.55. The van der Waals surface area contributed by atoms with E-state index in [2.05, 4.69) is 38.8 Å². The van der Waals surface area contributed by atoms with Crippen molar-refractivity contribution < 1.29 is 14.3 Å². The number of aliphatic imine (C=N–C) groups is 1. The normalized spacial score (nSPS) is 21.4. The van der Waals surface area contributed by atoms with E-state index >= 15 is 0 Å². The Hall–Kier alpha value is -2.45. The van der Waals surface area contributed by atoms with Crippen molar-refractivity contribution in [2.45, 2.75) is 69.4 Å². The largest absolute Gasteiger partial charge is 0.479 e. The lowest BCUT2D eigenvalue weighted by molar-refractivity contribution is -0.142. The van der Waals surface area contributed by atoms with Gasteiger partial charge in [-0.2, -0.15) is 0 Å². The summed E-state index contributed by atoms with van der Waals surface area (Å²) in [6, 6.07) is 9.49. The number of likely N-dealkylation sites (N-methyl/N-ethyl adjacent to an activating group) is 1. The lowest BCUT2D eigenvalue weighted by atomic mass is 9.83. The molecule has 2 amide bonds. The van der Waals surface area contributed by atoms with Crippen LogP contribution in [0.15, 0.2) is 46.5 Å². The fourth-order valence-corrected chi connectivity index (χ4v) is 8.22. The second-order valence-electron chi connectivity index (χ2n) is 11.9. The monoisotopic (exact) mass is 496 g/mol. The van der Waals surface area contributed by atoms with Gasteiger partial charge in [0.25, 0.3) is 5.91 Å². The number of nitrogens with one attached hydrogen (secondary N) is 1. The third-order valence-electron chi connectivity index (χ3n) is 8.18. The highest BCUT2D eigenvalue weighted by atomic mass is 28.3. The summed E-state index contributed by atoms with van der Waals surface area (Å²) in [7, 11) is 2.19. The highest BCUT2D eigenvalue weighted by molar-refractivity contribution is 6.82. The van der Waals surface area contributed by atoms with Crippen LogP contribution >= 0.6 is 0 Å². The van der Waals surface area contributed by atoms with Gasteiger partial charge >= 0.3 is 0 Å². The molecule has 0 spiro atoms. The first-order chi connectivity index (χ1) is 16.4. The molecule has 7 nitrogen and oxygen atoms in total. The van der Waals surface area contributed by atoms with Crippen molar-refractivity contribution in [1.29, 1.82) is 0 Å². The van der Waals surface area contributed by atoms with Gasteiger partial charge < -0.3 is 19.9 Å². The van der Waals surface area contributed by atoms with Crippen molar-refractivity contribution in [1.82, 2.24) is 15.1 Å². The molecule has 1 aromatic carbocycles. The molecule has 0 aromatic heterocycles. The molecule has 3 aliphatic rings. The molecule has 0 bridgehead atoms. The van der Waals surface area contributed by atoms with Gasteiger partial charge in [0.2, 0.25) is 5.91 Å². The van der Waals surface area contributed by atoms with Crippen molar-refractivity contribution in [3.63, 3.8) is 0 Å². The molecule has 35 heavy (non-hydrogen) atoms. The first-order valence-electron chi connectivity index (χ1n) is 12.6. The van der Waals surface area contributed by atoms with E-state index in [4.69, 9.17) is 9.73 Å². The fourth-order valence-electron chi connectivity index (χ4n) is 5.62. The van der Waals surface area contributed by atoms with Gasteiger partial charge in [-0.1, -0.05) is 44.3 Å². The SMILES string of the molecule is CN(C)CC(Oc1ccccc1)C(=O)N1CC2=C(CN=C2NC(=O)C2([Si](C)(C)C)CCC2)C1(C)C. The Labute approximate surface area is 210 Å². The molecule has 1 aliphatic carbocycles. The van der Waals surface area contributed by atoms with E-state index in [-0.39, 0.29) is 16.9 Å². The van der Waals surface area contributed by atoms with E-state index in [0.29, 0.717) is 31.2 Å². The van der Waals surface area contributed by atoms with Gasteiger partial charge in [0.15, 0.2) is 6.10 Å². The standard InChI is InChI=1S/C27H40N4O3Si/c1-26(2)21-16-28-23(29-25(33)27(14-11-15-27)35(5,6)7)20(21)17-31(26)24(32)22(18-30(3)4)34-19-12-9-8-10-13-19/h8-10,12-13,22H,11,14-18H2,1-7H3,(H,28,29,33). The lowest BCUT2D eigenvalue weighted by Crippen LogP contribution is -2.55. The zero-order chi connectivity index (χ0) is 25.6. The number of amides is 2. The van der Waals surface area contributed by atoms with Gasteiger partial charge in [0.1, 0.15) is 11.6 Å². The smallest absolute Gasteiger partial charge is 0.266 e. The Morgan fingerprint density at radius 2 is 1.83 bits per heavy atom. The number of hydrogen-bond acceptors (Lipinski definition) is 5. The molecule has 190 valence electrons. The number of hydrogen-bond donors (Lipinski definition) is 1. The molecule has 0 radical (unpaired) electrons. The van der Waals surface area contributed by atoms with Crippen LogP contribution in [0.3, 0.4) is 0 Å². The Balaban J connectivity index is 1.52. The van der Waals surface area contributed by atoms with Gasteiger partial charge in [-0.15, -0.1) is 0 Å². The second-order valence-corrected chi connectivity index (χ2v) is 17.4. The Kier molecular flexibility index (Phi) is 6.74. The third kappa shape index (κ3) is 4.58. The van der Waals surface area contributed by atoms with Crippen molar-refractivity contribution in [2.75, 3.05) is 33.7 Å². The van der Waals surface area contributed by atoms with Crippen LogP contribution in [0.4, 0.5) is 0 Å². The molecule has 1 aromatic rings. The van der Waals surface area contributed by atoms with Crippen LogP contribution in [-0.2, 0) is 9.59 Å². The predicted octanol–water partition coefficient (Wildman–Crippen LogP) is 3.70. The van der Waals surface area contributed by atoms with Crippen LogP contribution in [0, 0.1) is 0 Å². The summed E-state index contributed by atoms with van der Waals surface area (Å²) >= 11 is 0. The minimum Gasteiger partial charge on any atom is -0.479 e. The maximum atomic E-state index is 13.8. The third-order valence-corrected chi connectivity index (χ3v) is 11.8. The summed E-state index contributed by atoms with van der Waals surface area (Å²) in [6.45, 7) is 12.4. The number of rotatable bonds is 7. The van der Waals surface area contributed by atoms with Crippen LogP contribution < -0.4 is 10.1 Å². The number of carbonyl (C=O) groups is 2. The fraction of sp³-hybridized carbons (Fsp3) is 0.593. The molecular weight excluding hydrogens is 456 g/mol. The number of para-hydroxylation sites is 1. The maximum Gasteiger partial charge on any atom is 0.266 e. The van der Waals surface area contributed by atoms with E-state index < -0.39 is 19.7 Å². The van der Waals surface area contributed by atoms with Crippen LogP contribution in [-0.4, -0.2) is 80.9 Å². The van der Waals surface area contributed by atoms with Gasteiger partial charge in [-0.3, -0.25) is 14.6 Å². The summed E-state index contributed by atoms with van der Waals surface area (Å²) in [5.74, 6) is 1.41. The molecular formula is C27H40N4O3Si. The zero-order valence-electron chi connectivity index (χ0n) is 22.3. The summed E-state index contributed by atoms with van der Waals surface area (Å²) in [5.41, 5.74) is 1.60. The highest BCUT2D eigenvalue weighted by Gasteiger charge is 2.54. The number of amidine groups is 1. The number of nitrogens with zero attached hydrogens (tertiary/aromatic N) is 3. The molecule has 2 aliphatic heterocycles. The summed E-state index contributed by atoms with van der Waals surface area (Å²) < 4.78 is 6.16. The second kappa shape index (κ2) is 9.21. The van der Waals surface area contributed by atoms with Gasteiger partial charge in [0.05, 0.1) is 26.7 Å². The minimum absolute atomic E-state index is 0.0507. The average Bonchev–Trinajstić information content (AvgIpc) is 3.23. The topological polar surface area (TPSA) is 74.2 Å². The van der Waals surface area contributed by atoms with E-state index in [9.17, 15) is 9.59 Å². The maximum absolute atomic E-state index is 13.8. The number of ether oxygens (including phenoxy) is 1. The summed E-state index contributed by atoms with van der Waals surface area (Å²) in [5, 5.41) is 2.99. The molecule has 1 fully saturated rings. The Morgan fingerprint density at radius 1 is 1.17 bits per heavy atom. The predicted molar refractivity (Wildman–Crippen MR) is 143 cm³/mol. The van der Waals surface area contributed by atoms with Crippen LogP contribution in [0.25, 0.3) is 0 Å². The number of carbonyl (C=O) groups excluding carboxylic acids is 2. The van der Waals surface area contributed by atoms with Gasteiger partial charge in [-0.25, -0.2) is 0 Å². The van der Waals surface area contributed by atoms with Gasteiger partial charge in [-0.05, 0) is 58.5 Å². The summed E-state index contributed by atoms with van der Waals surface area (Å²) in [4.78, 5) is 35.9. The molecule has 4 rings (SSSR count). The van der Waals surface area contributed by atoms with E-state index in [1.165, 1.54) is 0 Å². The van der Waals surface area contributed by atoms with Gasteiger partial charge in [0, 0.05) is 17.2 Å². The molecule has 1 atom stereocenters. The van der Waals surface area contributed by atoms with Crippen LogP contribution in [0.2, 0.25) is 24.7 Å². The Bertz CT molecular complexity index is 1050. The van der Waals surface area contributed by atoms with E-state index in [1.54, 1.807) is 0 Å². The number of benzene rings is 1. The van der Waals surface area contributed by atoms with Crippen molar-refractivity contribution in [3.05, 3.63) is 41.5 Å². The van der Waals surface area contributed by atoms with Crippen LogP contribution in [0.1, 0.15) is 33.1 Å². The van der Waals surface area contributed by atoms with Crippen molar-refractivity contribution >= 4 is 25.7 Å². The van der Waals surface area contributed by atoms with Crippen molar-refractivity contribution in [2.24, 2.45) is 4.99 Å². The lowest BCUT2D eigenvalue weighted by Gasteiger charge is -2.49. The molecule has 1 N–H and O–H groups in total. The van der Waals surface area contributed by atoms with E-state index in [0.717, 1.165) is 30.4 Å². The first-order valence-corrected chi connectivity index (χ1v) is 16.1. The molecule has 1 unspecified atom stereocenters. The zero-order valence-corrected chi connectivity index (χ0v) is 23.3. The quantitative estimate of drug-likeness (QED) is 0.584. The minimum atomic E-state index is -1.69. The van der Waals surface area contributed by atoms with E-state index in [1.807, 2.05) is 54.2 Å². The molecule has 0 saturated heterocycles. The molecule has 8 heteroatoms.